The van der Waals surface area contributed by atoms with E-state index in [1.54, 1.807) is 0 Å². The number of rotatable bonds is 11. The van der Waals surface area contributed by atoms with Gasteiger partial charge in [-0.2, -0.15) is 0 Å². The molecular formula is C19H31N. The van der Waals surface area contributed by atoms with Crippen LogP contribution in [0.3, 0.4) is 0 Å². The molecule has 2 unspecified atom stereocenters. The van der Waals surface area contributed by atoms with Crippen LogP contribution in [0.2, 0.25) is 0 Å². The monoisotopic (exact) mass is 273 g/mol. The Kier molecular flexibility index (Phi) is 9.06. The van der Waals surface area contributed by atoms with Gasteiger partial charge in [-0.25, -0.2) is 0 Å². The smallest absolute Gasteiger partial charge is 0.0167 e. The minimum absolute atomic E-state index is 0.200. The molecule has 2 atom stereocenters. The summed E-state index contributed by atoms with van der Waals surface area (Å²) in [5, 5.41) is 0. The van der Waals surface area contributed by atoms with Crippen LogP contribution in [0.5, 0.6) is 0 Å². The maximum Gasteiger partial charge on any atom is 0.0167 e. The van der Waals surface area contributed by atoms with Crippen LogP contribution in [0.15, 0.2) is 43.0 Å². The highest BCUT2D eigenvalue weighted by atomic mass is 14.6. The Labute approximate surface area is 125 Å². The highest BCUT2D eigenvalue weighted by Gasteiger charge is 2.15. The van der Waals surface area contributed by atoms with Crippen LogP contribution < -0.4 is 5.73 Å². The van der Waals surface area contributed by atoms with Crippen molar-refractivity contribution in [1.82, 2.24) is 0 Å². The van der Waals surface area contributed by atoms with Gasteiger partial charge in [0.2, 0.25) is 0 Å². The summed E-state index contributed by atoms with van der Waals surface area (Å²) >= 11 is 0. The van der Waals surface area contributed by atoms with Crippen molar-refractivity contribution in [3.8, 4) is 0 Å². The normalized spacial score (nSPS) is 13.9. The molecule has 1 nitrogen and oxygen atoms in total. The molecule has 0 aromatic heterocycles. The Morgan fingerprint density at radius 2 is 1.60 bits per heavy atom. The van der Waals surface area contributed by atoms with Crippen molar-refractivity contribution < 1.29 is 0 Å². The fourth-order valence-corrected chi connectivity index (χ4v) is 2.75. The second kappa shape index (κ2) is 10.7. The second-order valence-corrected chi connectivity index (χ2v) is 5.75. The van der Waals surface area contributed by atoms with Gasteiger partial charge in [-0.3, -0.25) is 0 Å². The molecule has 0 fully saturated rings. The Bertz CT molecular complexity index is 344. The molecule has 0 aliphatic heterocycles. The minimum Gasteiger partial charge on any atom is -0.327 e. The van der Waals surface area contributed by atoms with Crippen LogP contribution in [-0.2, 0) is 0 Å². The number of hydrogen-bond donors (Lipinski definition) is 1. The first kappa shape index (κ1) is 17.0. The fourth-order valence-electron chi connectivity index (χ4n) is 2.75. The standard InChI is InChI=1S/C19H31N/c1-3-5-6-7-8-9-13-16-19(20)18(4-2)17-14-11-10-12-15-17/h4,10-12,14-15,18-19H,2-3,5-9,13,16,20H2,1H3. The quantitative estimate of drug-likeness (QED) is 0.422. The van der Waals surface area contributed by atoms with Gasteiger partial charge in [0.15, 0.2) is 0 Å². The van der Waals surface area contributed by atoms with E-state index in [1.807, 2.05) is 12.1 Å². The van der Waals surface area contributed by atoms with E-state index in [1.165, 1.54) is 50.5 Å². The van der Waals surface area contributed by atoms with E-state index in [0.717, 1.165) is 6.42 Å². The average molecular weight is 273 g/mol. The minimum atomic E-state index is 0.200. The van der Waals surface area contributed by atoms with Gasteiger partial charge in [-0.15, -0.1) is 6.58 Å². The number of unbranched alkanes of at least 4 members (excludes halogenated alkanes) is 6. The van der Waals surface area contributed by atoms with Gasteiger partial charge < -0.3 is 5.73 Å². The predicted molar refractivity (Wildman–Crippen MR) is 90.0 cm³/mol. The first-order chi connectivity index (χ1) is 9.79. The zero-order valence-corrected chi connectivity index (χ0v) is 13.1. The molecule has 0 aliphatic rings. The summed E-state index contributed by atoms with van der Waals surface area (Å²) in [6.45, 7) is 6.22. The van der Waals surface area contributed by atoms with Crippen molar-refractivity contribution >= 4 is 0 Å². The zero-order chi connectivity index (χ0) is 14.6. The molecule has 20 heavy (non-hydrogen) atoms. The van der Waals surface area contributed by atoms with E-state index in [-0.39, 0.29) is 12.0 Å². The van der Waals surface area contributed by atoms with Gasteiger partial charge in [-0.05, 0) is 12.0 Å². The maximum absolute atomic E-state index is 6.35. The molecule has 0 bridgehead atoms. The average Bonchev–Trinajstić information content (AvgIpc) is 2.48. The van der Waals surface area contributed by atoms with Crippen LogP contribution in [0, 0.1) is 0 Å². The fraction of sp³-hybridized carbons (Fsp3) is 0.579. The maximum atomic E-state index is 6.35. The molecule has 0 spiro atoms. The molecule has 0 radical (unpaired) electrons. The molecule has 1 aromatic carbocycles. The lowest BCUT2D eigenvalue weighted by atomic mass is 9.89. The molecule has 2 N–H and O–H groups in total. The van der Waals surface area contributed by atoms with Gasteiger partial charge in [-0.1, -0.05) is 88.3 Å². The highest BCUT2D eigenvalue weighted by Crippen LogP contribution is 2.23. The molecule has 0 saturated carbocycles. The Balaban J connectivity index is 2.23. The first-order valence-corrected chi connectivity index (χ1v) is 8.22. The molecule has 0 amide bonds. The van der Waals surface area contributed by atoms with E-state index in [0.29, 0.717) is 0 Å². The third kappa shape index (κ3) is 6.38. The Morgan fingerprint density at radius 3 is 2.20 bits per heavy atom. The number of benzene rings is 1. The summed E-state index contributed by atoms with van der Waals surface area (Å²) in [6.07, 6.45) is 12.5. The van der Waals surface area contributed by atoms with E-state index in [9.17, 15) is 0 Å². The summed E-state index contributed by atoms with van der Waals surface area (Å²) in [5.41, 5.74) is 7.64. The van der Waals surface area contributed by atoms with E-state index in [2.05, 4.69) is 37.8 Å². The van der Waals surface area contributed by atoms with Crippen molar-refractivity contribution in [2.24, 2.45) is 5.73 Å². The molecule has 1 rings (SSSR count). The third-order valence-electron chi connectivity index (χ3n) is 4.04. The van der Waals surface area contributed by atoms with Crippen molar-refractivity contribution in [1.29, 1.82) is 0 Å². The Hall–Kier alpha value is -1.08. The summed E-state index contributed by atoms with van der Waals surface area (Å²) in [7, 11) is 0. The van der Waals surface area contributed by atoms with Crippen LogP contribution in [0.1, 0.15) is 69.8 Å². The summed E-state index contributed by atoms with van der Waals surface area (Å²) in [6, 6.07) is 10.7. The van der Waals surface area contributed by atoms with Crippen LogP contribution in [0.4, 0.5) is 0 Å². The lowest BCUT2D eigenvalue weighted by Gasteiger charge is -2.21. The molecule has 0 aliphatic carbocycles. The van der Waals surface area contributed by atoms with Gasteiger partial charge in [0.05, 0.1) is 0 Å². The lowest BCUT2D eigenvalue weighted by Crippen LogP contribution is -2.27. The zero-order valence-electron chi connectivity index (χ0n) is 13.1. The Morgan fingerprint density at radius 1 is 1.00 bits per heavy atom. The largest absolute Gasteiger partial charge is 0.327 e. The SMILES string of the molecule is C=CC(c1ccccc1)C(N)CCCCCCCCC. The highest BCUT2D eigenvalue weighted by molar-refractivity contribution is 5.25. The van der Waals surface area contributed by atoms with Gasteiger partial charge in [0.1, 0.15) is 0 Å². The summed E-state index contributed by atoms with van der Waals surface area (Å²) in [4.78, 5) is 0. The molecule has 1 heteroatoms. The van der Waals surface area contributed by atoms with Crippen LogP contribution >= 0.6 is 0 Å². The van der Waals surface area contributed by atoms with E-state index in [4.69, 9.17) is 5.73 Å². The summed E-state index contributed by atoms with van der Waals surface area (Å²) < 4.78 is 0. The van der Waals surface area contributed by atoms with Crippen LogP contribution in [0.25, 0.3) is 0 Å². The van der Waals surface area contributed by atoms with Crippen molar-refractivity contribution in [3.63, 3.8) is 0 Å². The van der Waals surface area contributed by atoms with Gasteiger partial charge in [0, 0.05) is 12.0 Å². The molecule has 1 aromatic rings. The number of hydrogen-bond acceptors (Lipinski definition) is 1. The second-order valence-electron chi connectivity index (χ2n) is 5.75. The van der Waals surface area contributed by atoms with E-state index < -0.39 is 0 Å². The predicted octanol–water partition coefficient (Wildman–Crippen LogP) is 5.42. The summed E-state index contributed by atoms with van der Waals surface area (Å²) in [5.74, 6) is 0.288. The van der Waals surface area contributed by atoms with Gasteiger partial charge in [0.25, 0.3) is 0 Å². The molecule has 112 valence electrons. The van der Waals surface area contributed by atoms with Crippen molar-refractivity contribution in [2.45, 2.75) is 70.3 Å². The third-order valence-corrected chi connectivity index (χ3v) is 4.04. The lowest BCUT2D eigenvalue weighted by molar-refractivity contribution is 0.505. The molecule has 0 saturated heterocycles. The van der Waals surface area contributed by atoms with Crippen molar-refractivity contribution in [3.05, 3.63) is 48.6 Å². The van der Waals surface area contributed by atoms with Gasteiger partial charge >= 0.3 is 0 Å². The topological polar surface area (TPSA) is 26.0 Å². The van der Waals surface area contributed by atoms with Crippen molar-refractivity contribution in [2.75, 3.05) is 0 Å². The molecular weight excluding hydrogens is 242 g/mol. The van der Waals surface area contributed by atoms with Crippen LogP contribution in [-0.4, -0.2) is 6.04 Å². The molecule has 0 heterocycles. The first-order valence-electron chi connectivity index (χ1n) is 8.22. The number of nitrogens with two attached hydrogens (primary N) is 1. The van der Waals surface area contributed by atoms with E-state index >= 15 is 0 Å².